The highest BCUT2D eigenvalue weighted by atomic mass is 19.3. The van der Waals surface area contributed by atoms with Gasteiger partial charge in [-0.2, -0.15) is 8.78 Å². The molecule has 4 heterocycles. The van der Waals surface area contributed by atoms with Gasteiger partial charge in [-0.05, 0) is 12.1 Å². The van der Waals surface area contributed by atoms with E-state index in [1.807, 2.05) is 6.07 Å². The quantitative estimate of drug-likeness (QED) is 0.627. The zero-order valence-electron chi connectivity index (χ0n) is 16.1. The molecule has 0 radical (unpaired) electrons. The van der Waals surface area contributed by atoms with E-state index in [1.54, 1.807) is 12.3 Å². The molecule has 0 saturated heterocycles. The molecule has 1 atom stereocenters. The minimum absolute atomic E-state index is 0.0334. The Morgan fingerprint density at radius 1 is 1.13 bits per heavy atom. The number of ether oxygens (including phenoxy) is 3. The maximum absolute atomic E-state index is 12.4. The highest BCUT2D eigenvalue weighted by molar-refractivity contribution is 5.62. The molecule has 4 rings (SSSR count). The van der Waals surface area contributed by atoms with Crippen molar-refractivity contribution in [3.63, 3.8) is 0 Å². The van der Waals surface area contributed by atoms with Crippen LogP contribution < -0.4 is 19.5 Å². The van der Waals surface area contributed by atoms with Gasteiger partial charge >= 0.3 is 6.61 Å². The molecular formula is C20H19F2N5O3. The first-order chi connectivity index (χ1) is 14.6. The topological polar surface area (TPSA) is 91.3 Å². The second kappa shape index (κ2) is 8.85. The molecule has 0 fully saturated rings. The molecule has 3 aromatic heterocycles. The van der Waals surface area contributed by atoms with Gasteiger partial charge in [0.15, 0.2) is 5.75 Å². The van der Waals surface area contributed by atoms with Gasteiger partial charge in [-0.3, -0.25) is 4.98 Å². The highest BCUT2D eigenvalue weighted by Gasteiger charge is 2.20. The van der Waals surface area contributed by atoms with Gasteiger partial charge in [0.05, 0.1) is 11.9 Å². The molecule has 0 bridgehead atoms. The van der Waals surface area contributed by atoms with E-state index in [4.69, 9.17) is 9.47 Å². The number of aromatic nitrogens is 4. The Bertz CT molecular complexity index is 1020. The van der Waals surface area contributed by atoms with Gasteiger partial charge in [0.2, 0.25) is 0 Å². The van der Waals surface area contributed by atoms with Crippen molar-refractivity contribution in [1.82, 2.24) is 19.9 Å². The van der Waals surface area contributed by atoms with Crippen molar-refractivity contribution >= 4 is 5.82 Å². The summed E-state index contributed by atoms with van der Waals surface area (Å²) in [7, 11) is 0. The monoisotopic (exact) mass is 415 g/mol. The summed E-state index contributed by atoms with van der Waals surface area (Å²) >= 11 is 0. The van der Waals surface area contributed by atoms with Crippen LogP contribution in [0.1, 0.15) is 18.4 Å². The van der Waals surface area contributed by atoms with Crippen LogP contribution in [0.2, 0.25) is 0 Å². The molecule has 10 heteroatoms. The lowest BCUT2D eigenvalue weighted by molar-refractivity contribution is -0.0500. The van der Waals surface area contributed by atoms with E-state index in [-0.39, 0.29) is 11.7 Å². The lowest BCUT2D eigenvalue weighted by Crippen LogP contribution is -2.19. The molecule has 3 aromatic rings. The fourth-order valence-corrected chi connectivity index (χ4v) is 3.07. The molecule has 0 spiro atoms. The van der Waals surface area contributed by atoms with Crippen LogP contribution in [0, 0.1) is 0 Å². The van der Waals surface area contributed by atoms with Crippen LogP contribution in [-0.2, 0) is 0 Å². The standard InChI is InChI=1S/C20H19F2N5O3/c1-12(15-2-3-24-19-18(15)28-4-5-29-19)8-25-17-7-16(26-11-27-17)13-6-14(10-23-9-13)30-20(21)22/h2-3,6-7,9-12,20H,4-5,8H2,1H3,(H,25,26,27)/t12-/m1/s1. The van der Waals surface area contributed by atoms with Crippen molar-refractivity contribution in [2.24, 2.45) is 0 Å². The SMILES string of the molecule is C[C@H](CNc1cc(-c2cncc(OC(F)F)c2)ncn1)c1ccnc2c1OCCO2. The summed E-state index contributed by atoms with van der Waals surface area (Å²) in [6.07, 6.45) is 5.84. The third-order valence-electron chi connectivity index (χ3n) is 4.49. The Morgan fingerprint density at radius 3 is 2.87 bits per heavy atom. The first-order valence-corrected chi connectivity index (χ1v) is 9.31. The highest BCUT2D eigenvalue weighted by Crippen LogP contribution is 2.35. The molecular weight excluding hydrogens is 396 g/mol. The molecule has 0 saturated carbocycles. The third kappa shape index (κ3) is 4.53. The fraction of sp³-hybridized carbons (Fsp3) is 0.300. The number of halogens is 2. The Labute approximate surface area is 171 Å². The average molecular weight is 415 g/mol. The minimum Gasteiger partial charge on any atom is -0.484 e. The van der Waals surface area contributed by atoms with E-state index >= 15 is 0 Å². The number of hydrogen-bond donors (Lipinski definition) is 1. The van der Waals surface area contributed by atoms with Crippen LogP contribution in [0.3, 0.4) is 0 Å². The largest absolute Gasteiger partial charge is 0.484 e. The summed E-state index contributed by atoms with van der Waals surface area (Å²) in [5, 5.41) is 3.27. The van der Waals surface area contributed by atoms with Crippen molar-refractivity contribution in [3.05, 3.63) is 48.7 Å². The Morgan fingerprint density at radius 2 is 2.00 bits per heavy atom. The zero-order chi connectivity index (χ0) is 20.9. The lowest BCUT2D eigenvalue weighted by atomic mass is 10.0. The number of nitrogens with one attached hydrogen (secondary N) is 1. The van der Waals surface area contributed by atoms with E-state index in [9.17, 15) is 8.78 Å². The summed E-state index contributed by atoms with van der Waals surface area (Å²) in [5.41, 5.74) is 2.06. The predicted molar refractivity (Wildman–Crippen MR) is 104 cm³/mol. The van der Waals surface area contributed by atoms with Crippen LogP contribution >= 0.6 is 0 Å². The number of rotatable bonds is 7. The maximum atomic E-state index is 12.4. The minimum atomic E-state index is -2.92. The summed E-state index contributed by atoms with van der Waals surface area (Å²) in [5.74, 6) is 1.82. The summed E-state index contributed by atoms with van der Waals surface area (Å²) < 4.78 is 40.5. The molecule has 0 aliphatic carbocycles. The van der Waals surface area contributed by atoms with E-state index in [0.717, 1.165) is 5.56 Å². The zero-order valence-corrected chi connectivity index (χ0v) is 16.1. The van der Waals surface area contributed by atoms with Gasteiger partial charge in [0.1, 0.15) is 31.1 Å². The molecule has 0 unspecified atom stereocenters. The number of pyridine rings is 2. The Balaban J connectivity index is 1.47. The van der Waals surface area contributed by atoms with E-state index in [2.05, 4.69) is 36.9 Å². The molecule has 1 aliphatic heterocycles. The van der Waals surface area contributed by atoms with Crippen molar-refractivity contribution in [1.29, 1.82) is 0 Å². The average Bonchev–Trinajstić information content (AvgIpc) is 2.77. The summed E-state index contributed by atoms with van der Waals surface area (Å²) in [4.78, 5) is 16.5. The number of anilines is 1. The predicted octanol–water partition coefficient (Wildman–Crippen LogP) is 3.52. The van der Waals surface area contributed by atoms with Crippen molar-refractivity contribution in [2.75, 3.05) is 25.1 Å². The summed E-state index contributed by atoms with van der Waals surface area (Å²) in [6, 6.07) is 5.08. The van der Waals surface area contributed by atoms with Crippen molar-refractivity contribution < 1.29 is 23.0 Å². The first kappa shape index (κ1) is 19.7. The van der Waals surface area contributed by atoms with Gasteiger partial charge in [0, 0.05) is 42.0 Å². The first-order valence-electron chi connectivity index (χ1n) is 9.31. The Hall–Kier alpha value is -3.56. The molecule has 0 amide bonds. The third-order valence-corrected chi connectivity index (χ3v) is 4.49. The van der Waals surface area contributed by atoms with Crippen LogP contribution in [0.15, 0.2) is 43.1 Å². The maximum Gasteiger partial charge on any atom is 0.387 e. The molecule has 8 nitrogen and oxygen atoms in total. The second-order valence-corrected chi connectivity index (χ2v) is 6.59. The van der Waals surface area contributed by atoms with Crippen molar-refractivity contribution in [2.45, 2.75) is 19.5 Å². The van der Waals surface area contributed by atoms with Gasteiger partial charge < -0.3 is 19.5 Å². The van der Waals surface area contributed by atoms with Crippen LogP contribution in [0.4, 0.5) is 14.6 Å². The van der Waals surface area contributed by atoms with Gasteiger partial charge in [0.25, 0.3) is 5.88 Å². The fourth-order valence-electron chi connectivity index (χ4n) is 3.07. The van der Waals surface area contributed by atoms with E-state index < -0.39 is 6.61 Å². The smallest absolute Gasteiger partial charge is 0.387 e. The van der Waals surface area contributed by atoms with E-state index in [0.29, 0.717) is 48.5 Å². The van der Waals surface area contributed by atoms with Gasteiger partial charge in [-0.25, -0.2) is 15.0 Å². The Kier molecular flexibility index (Phi) is 5.82. The van der Waals surface area contributed by atoms with Crippen LogP contribution in [0.5, 0.6) is 17.4 Å². The van der Waals surface area contributed by atoms with Crippen LogP contribution in [-0.4, -0.2) is 46.3 Å². The number of fused-ring (bicyclic) bond motifs is 1. The lowest BCUT2D eigenvalue weighted by Gasteiger charge is -2.22. The molecule has 1 aliphatic rings. The number of hydrogen-bond acceptors (Lipinski definition) is 8. The second-order valence-electron chi connectivity index (χ2n) is 6.59. The number of alkyl halides is 2. The summed E-state index contributed by atoms with van der Waals surface area (Å²) in [6.45, 7) is 0.683. The molecule has 1 N–H and O–H groups in total. The van der Waals surface area contributed by atoms with Gasteiger partial charge in [-0.1, -0.05) is 6.92 Å². The van der Waals surface area contributed by atoms with E-state index in [1.165, 1.54) is 24.8 Å². The molecule has 30 heavy (non-hydrogen) atoms. The van der Waals surface area contributed by atoms with Crippen LogP contribution in [0.25, 0.3) is 11.3 Å². The van der Waals surface area contributed by atoms with Gasteiger partial charge in [-0.15, -0.1) is 0 Å². The normalized spacial score (nSPS) is 13.7. The van der Waals surface area contributed by atoms with Crippen molar-refractivity contribution in [3.8, 4) is 28.6 Å². The number of nitrogens with zero attached hydrogens (tertiary/aromatic N) is 4. The molecule has 0 aromatic carbocycles. The molecule has 156 valence electrons.